The molecule has 3 rings (SSSR count). The van der Waals surface area contributed by atoms with E-state index in [1.54, 1.807) is 28.4 Å². The largest absolute Gasteiger partial charge is 0.254 e. The molecular weight excluding hydrogens is 262 g/mol. The topological polar surface area (TPSA) is 80.3 Å². The lowest BCUT2D eigenvalue weighted by Crippen LogP contribution is -2.34. The third kappa shape index (κ3) is 1.40. The van der Waals surface area contributed by atoms with Crippen LogP contribution in [0, 0.1) is 0 Å². The van der Waals surface area contributed by atoms with Gasteiger partial charge >= 0.3 is 0 Å². The molecule has 0 bridgehead atoms. The van der Waals surface area contributed by atoms with Crippen molar-refractivity contribution in [2.45, 2.75) is 9.79 Å². The first kappa shape index (κ1) is 10.7. The fourth-order valence-corrected chi connectivity index (χ4v) is 5.40. The fourth-order valence-electron chi connectivity index (χ4n) is 1.96. The summed E-state index contributed by atoms with van der Waals surface area (Å²) in [6.07, 6.45) is 0. The molecule has 0 atom stereocenters. The van der Waals surface area contributed by atoms with E-state index in [2.05, 4.69) is 0 Å². The van der Waals surface area contributed by atoms with E-state index in [4.69, 9.17) is 0 Å². The summed E-state index contributed by atoms with van der Waals surface area (Å²) in [5.41, 5.74) is 0. The number of benzene rings is 2. The SMILES string of the molecule is O=S1(=O)NS(=O)(=O)c2cccc3cccc1c23. The van der Waals surface area contributed by atoms with Crippen molar-refractivity contribution >= 4 is 30.8 Å². The molecule has 0 fully saturated rings. The maximum absolute atomic E-state index is 11.8. The van der Waals surface area contributed by atoms with E-state index in [1.807, 2.05) is 0 Å². The maximum atomic E-state index is 11.8. The Labute approximate surface area is 98.2 Å². The van der Waals surface area contributed by atoms with Crippen LogP contribution in [0.25, 0.3) is 10.8 Å². The Morgan fingerprint density at radius 3 is 1.71 bits per heavy atom. The van der Waals surface area contributed by atoms with Crippen LogP contribution in [0.3, 0.4) is 0 Å². The van der Waals surface area contributed by atoms with E-state index < -0.39 is 20.0 Å². The summed E-state index contributed by atoms with van der Waals surface area (Å²) in [5.74, 6) is 0. The molecule has 1 aliphatic rings. The third-order valence-electron chi connectivity index (χ3n) is 2.63. The Morgan fingerprint density at radius 2 is 1.24 bits per heavy atom. The Bertz CT molecular complexity index is 771. The predicted molar refractivity (Wildman–Crippen MR) is 61.5 cm³/mol. The van der Waals surface area contributed by atoms with Gasteiger partial charge in [-0.3, -0.25) is 0 Å². The van der Waals surface area contributed by atoms with Crippen molar-refractivity contribution in [2.75, 3.05) is 0 Å². The van der Waals surface area contributed by atoms with Gasteiger partial charge in [0.2, 0.25) is 0 Å². The Morgan fingerprint density at radius 1 is 0.765 bits per heavy atom. The number of nitrogens with one attached hydrogen (secondary N) is 1. The lowest BCUT2D eigenvalue weighted by Gasteiger charge is -2.18. The molecule has 0 aliphatic carbocycles. The molecule has 7 heteroatoms. The normalized spacial score (nSPS) is 20.2. The molecule has 0 amide bonds. The minimum atomic E-state index is -3.99. The molecule has 0 unspecified atom stereocenters. The van der Waals surface area contributed by atoms with Gasteiger partial charge in [0.15, 0.2) is 0 Å². The molecule has 1 aliphatic heterocycles. The van der Waals surface area contributed by atoms with Crippen LogP contribution in [-0.4, -0.2) is 16.8 Å². The molecule has 0 saturated heterocycles. The van der Waals surface area contributed by atoms with Gasteiger partial charge in [-0.25, -0.2) is 16.8 Å². The van der Waals surface area contributed by atoms with Crippen molar-refractivity contribution in [3.05, 3.63) is 36.4 Å². The summed E-state index contributed by atoms with van der Waals surface area (Å²) in [4.78, 5) is 0.000787. The van der Waals surface area contributed by atoms with Crippen LogP contribution in [0.2, 0.25) is 0 Å². The van der Waals surface area contributed by atoms with Gasteiger partial charge in [-0.05, 0) is 17.5 Å². The first-order valence-corrected chi connectivity index (χ1v) is 7.69. The molecule has 2 aromatic carbocycles. The molecular formula is C10H7NO4S2. The number of rotatable bonds is 0. The Balaban J connectivity index is 2.70. The monoisotopic (exact) mass is 269 g/mol. The van der Waals surface area contributed by atoms with E-state index in [0.717, 1.165) is 0 Å². The van der Waals surface area contributed by atoms with Crippen LogP contribution in [-0.2, 0) is 20.0 Å². The van der Waals surface area contributed by atoms with Crippen molar-refractivity contribution in [1.82, 2.24) is 4.13 Å². The smallest absolute Gasteiger partial charge is 0.206 e. The van der Waals surface area contributed by atoms with Gasteiger partial charge in [-0.1, -0.05) is 24.3 Å². The summed E-state index contributed by atoms with van der Waals surface area (Å²) in [7, 11) is -7.99. The second-order valence-corrected chi connectivity index (χ2v) is 7.26. The van der Waals surface area contributed by atoms with Crippen LogP contribution in [0.1, 0.15) is 0 Å². The average molecular weight is 269 g/mol. The summed E-state index contributed by atoms with van der Waals surface area (Å²) in [5, 5.41) is 0.849. The highest BCUT2D eigenvalue weighted by atomic mass is 32.3. The van der Waals surface area contributed by atoms with E-state index in [0.29, 0.717) is 5.39 Å². The molecule has 0 saturated carbocycles. The van der Waals surface area contributed by atoms with Crippen molar-refractivity contribution in [1.29, 1.82) is 0 Å². The van der Waals surface area contributed by atoms with Gasteiger partial charge in [0.1, 0.15) is 0 Å². The summed E-state index contributed by atoms with van der Waals surface area (Å²) < 4.78 is 48.8. The average Bonchev–Trinajstić information content (AvgIpc) is 2.24. The van der Waals surface area contributed by atoms with Crippen molar-refractivity contribution in [3.8, 4) is 0 Å². The molecule has 0 radical (unpaired) electrons. The lowest BCUT2D eigenvalue weighted by atomic mass is 10.1. The second-order valence-electron chi connectivity index (χ2n) is 3.70. The first-order valence-electron chi connectivity index (χ1n) is 4.72. The summed E-state index contributed by atoms with van der Waals surface area (Å²) in [6, 6.07) is 9.31. The maximum Gasteiger partial charge on any atom is 0.254 e. The lowest BCUT2D eigenvalue weighted by molar-refractivity contribution is 0.575. The summed E-state index contributed by atoms with van der Waals surface area (Å²) >= 11 is 0. The number of sulfonamides is 2. The van der Waals surface area contributed by atoms with Crippen LogP contribution in [0.4, 0.5) is 0 Å². The van der Waals surface area contributed by atoms with Crippen molar-refractivity contribution in [2.24, 2.45) is 0 Å². The minimum absolute atomic E-state index is 0.000394. The van der Waals surface area contributed by atoms with Gasteiger partial charge in [0.25, 0.3) is 20.0 Å². The highest BCUT2D eigenvalue weighted by Crippen LogP contribution is 2.33. The van der Waals surface area contributed by atoms with Gasteiger partial charge < -0.3 is 0 Å². The van der Waals surface area contributed by atoms with Crippen molar-refractivity contribution < 1.29 is 16.8 Å². The number of hydrogen-bond donors (Lipinski definition) is 1. The molecule has 0 spiro atoms. The van der Waals surface area contributed by atoms with E-state index >= 15 is 0 Å². The van der Waals surface area contributed by atoms with Crippen molar-refractivity contribution in [3.63, 3.8) is 0 Å². The fraction of sp³-hybridized carbons (Fsp3) is 0. The summed E-state index contributed by atoms with van der Waals surface area (Å²) in [6.45, 7) is 0. The van der Waals surface area contributed by atoms with E-state index in [-0.39, 0.29) is 15.2 Å². The Hall–Kier alpha value is -1.44. The zero-order valence-electron chi connectivity index (χ0n) is 8.41. The molecule has 2 aromatic rings. The molecule has 1 heterocycles. The Kier molecular flexibility index (Phi) is 1.93. The first-order chi connectivity index (χ1) is 7.92. The van der Waals surface area contributed by atoms with Crippen LogP contribution in [0.15, 0.2) is 46.2 Å². The highest BCUT2D eigenvalue weighted by molar-refractivity contribution is 8.05. The van der Waals surface area contributed by atoms with Crippen LogP contribution in [0.5, 0.6) is 0 Å². The highest BCUT2D eigenvalue weighted by Gasteiger charge is 2.33. The standard InChI is InChI=1S/C10H7NO4S2/c12-16(13)8-5-1-3-7-4-2-6-9(10(7)8)17(14,15)11-16/h1-6,11H. The molecule has 1 N–H and O–H groups in total. The minimum Gasteiger partial charge on any atom is -0.206 e. The van der Waals surface area contributed by atoms with Gasteiger partial charge in [-0.15, -0.1) is 4.13 Å². The van der Waals surface area contributed by atoms with E-state index in [9.17, 15) is 16.8 Å². The predicted octanol–water partition coefficient (Wildman–Crippen LogP) is 0.820. The quantitative estimate of drug-likeness (QED) is 0.768. The zero-order chi connectivity index (χ0) is 12.3. The molecule has 5 nitrogen and oxygen atoms in total. The third-order valence-corrected chi connectivity index (χ3v) is 6.22. The zero-order valence-corrected chi connectivity index (χ0v) is 10.0. The van der Waals surface area contributed by atoms with Crippen LogP contribution >= 0.6 is 0 Å². The number of hydrogen-bond acceptors (Lipinski definition) is 4. The second kappa shape index (κ2) is 3.06. The van der Waals surface area contributed by atoms with E-state index in [1.165, 1.54) is 12.1 Å². The molecule has 88 valence electrons. The molecule has 0 aromatic heterocycles. The van der Waals surface area contributed by atoms with Crippen LogP contribution < -0.4 is 4.13 Å². The van der Waals surface area contributed by atoms with Gasteiger partial charge in [0.05, 0.1) is 9.79 Å². The van der Waals surface area contributed by atoms with Gasteiger partial charge in [0, 0.05) is 5.39 Å². The molecule has 17 heavy (non-hydrogen) atoms. The van der Waals surface area contributed by atoms with Gasteiger partial charge in [-0.2, -0.15) is 0 Å².